The van der Waals surface area contributed by atoms with Gasteiger partial charge in [0.15, 0.2) is 6.10 Å². The van der Waals surface area contributed by atoms with Crippen LogP contribution in [0, 0.1) is 0 Å². The number of hydrogen-bond acceptors (Lipinski definition) is 3. The number of rotatable bonds is 4. The fourth-order valence-corrected chi connectivity index (χ4v) is 3.49. The maximum absolute atomic E-state index is 12.5. The summed E-state index contributed by atoms with van der Waals surface area (Å²) in [6, 6.07) is 12.5. The molecule has 4 nitrogen and oxygen atoms in total. The molecule has 1 amide bonds. The molecule has 26 heavy (non-hydrogen) atoms. The molecule has 2 atom stereocenters. The Hall–Kier alpha value is -2.04. The zero-order valence-electron chi connectivity index (χ0n) is 14.3. The van der Waals surface area contributed by atoms with Crippen LogP contribution in [0.1, 0.15) is 47.3 Å². The molecule has 1 N–H and O–H groups in total. The summed E-state index contributed by atoms with van der Waals surface area (Å²) >= 11 is 11.9. The minimum atomic E-state index is -0.938. The second-order valence-corrected chi connectivity index (χ2v) is 7.17. The highest BCUT2D eigenvalue weighted by Crippen LogP contribution is 2.29. The van der Waals surface area contributed by atoms with Crippen molar-refractivity contribution in [3.63, 3.8) is 0 Å². The third kappa shape index (κ3) is 4.19. The number of aryl methyl sites for hydroxylation is 1. The van der Waals surface area contributed by atoms with Gasteiger partial charge in [-0.1, -0.05) is 47.5 Å². The number of hydrogen-bond donors (Lipinski definition) is 1. The first-order valence-electron chi connectivity index (χ1n) is 8.50. The van der Waals surface area contributed by atoms with E-state index in [4.69, 9.17) is 27.9 Å². The third-order valence-corrected chi connectivity index (χ3v) is 5.05. The molecule has 3 rings (SSSR count). The highest BCUT2D eigenvalue weighted by Gasteiger charge is 2.26. The van der Waals surface area contributed by atoms with Crippen LogP contribution in [0.4, 0.5) is 0 Å². The SMILES string of the molecule is C[C@H](OC(=O)c1cc(Cl)ccc1Cl)C(=O)N[C@@H]1CCCc2ccccc21. The van der Waals surface area contributed by atoms with Crippen molar-refractivity contribution in [2.75, 3.05) is 0 Å². The van der Waals surface area contributed by atoms with Gasteiger partial charge >= 0.3 is 5.97 Å². The van der Waals surface area contributed by atoms with Crippen LogP contribution in [0.2, 0.25) is 10.0 Å². The normalized spacial score (nSPS) is 17.1. The van der Waals surface area contributed by atoms with Crippen LogP contribution in [-0.4, -0.2) is 18.0 Å². The monoisotopic (exact) mass is 391 g/mol. The summed E-state index contributed by atoms with van der Waals surface area (Å²) in [4.78, 5) is 24.8. The Balaban J connectivity index is 1.65. The molecule has 0 saturated carbocycles. The van der Waals surface area contributed by atoms with Crippen molar-refractivity contribution in [2.24, 2.45) is 0 Å². The van der Waals surface area contributed by atoms with Crippen molar-refractivity contribution in [2.45, 2.75) is 38.3 Å². The van der Waals surface area contributed by atoms with Crippen molar-refractivity contribution >= 4 is 35.1 Å². The Bertz CT molecular complexity index is 838. The van der Waals surface area contributed by atoms with Gasteiger partial charge in [-0.2, -0.15) is 0 Å². The summed E-state index contributed by atoms with van der Waals surface area (Å²) in [5.41, 5.74) is 2.52. The van der Waals surface area contributed by atoms with Gasteiger partial charge in [0.1, 0.15) is 0 Å². The van der Waals surface area contributed by atoms with Crippen molar-refractivity contribution in [1.82, 2.24) is 5.32 Å². The standard InChI is InChI=1S/C20H19Cl2NO3/c1-12(26-20(25)16-11-14(21)9-10-17(16)22)19(24)23-18-8-4-6-13-5-2-3-7-15(13)18/h2-3,5,7,9-12,18H,4,6,8H2,1H3,(H,23,24)/t12-,18+/m0/s1. The summed E-state index contributed by atoms with van der Waals surface area (Å²) in [7, 11) is 0. The maximum atomic E-state index is 12.5. The topological polar surface area (TPSA) is 55.4 Å². The first kappa shape index (κ1) is 18.7. The van der Waals surface area contributed by atoms with Crippen LogP contribution in [0.3, 0.4) is 0 Å². The Morgan fingerprint density at radius 2 is 1.96 bits per heavy atom. The molecule has 2 aromatic rings. The van der Waals surface area contributed by atoms with Crippen molar-refractivity contribution in [3.05, 3.63) is 69.2 Å². The predicted molar refractivity (Wildman–Crippen MR) is 102 cm³/mol. The van der Waals surface area contributed by atoms with Crippen LogP contribution < -0.4 is 5.32 Å². The van der Waals surface area contributed by atoms with Gasteiger partial charge in [-0.05, 0) is 55.5 Å². The molecule has 2 aromatic carbocycles. The second kappa shape index (κ2) is 8.11. The number of ether oxygens (including phenoxy) is 1. The Morgan fingerprint density at radius 3 is 2.77 bits per heavy atom. The molecule has 136 valence electrons. The Morgan fingerprint density at radius 1 is 1.19 bits per heavy atom. The minimum absolute atomic E-state index is 0.0663. The number of fused-ring (bicyclic) bond motifs is 1. The molecule has 0 aliphatic heterocycles. The van der Waals surface area contributed by atoms with Gasteiger partial charge in [0.25, 0.3) is 5.91 Å². The van der Waals surface area contributed by atoms with E-state index in [0.29, 0.717) is 5.02 Å². The number of halogens is 2. The van der Waals surface area contributed by atoms with E-state index in [9.17, 15) is 9.59 Å². The first-order chi connectivity index (χ1) is 12.5. The van der Waals surface area contributed by atoms with Gasteiger partial charge in [0, 0.05) is 5.02 Å². The number of amides is 1. The van der Waals surface area contributed by atoms with E-state index in [2.05, 4.69) is 11.4 Å². The maximum Gasteiger partial charge on any atom is 0.340 e. The lowest BCUT2D eigenvalue weighted by molar-refractivity contribution is -0.130. The van der Waals surface area contributed by atoms with Gasteiger partial charge in [0.2, 0.25) is 0 Å². The largest absolute Gasteiger partial charge is 0.449 e. The van der Waals surface area contributed by atoms with Crippen molar-refractivity contribution in [3.8, 4) is 0 Å². The number of carbonyl (C=O) groups excluding carboxylic acids is 2. The lowest BCUT2D eigenvalue weighted by Crippen LogP contribution is -2.39. The zero-order valence-corrected chi connectivity index (χ0v) is 15.8. The molecule has 0 aromatic heterocycles. The van der Waals surface area contributed by atoms with E-state index in [-0.39, 0.29) is 22.5 Å². The molecule has 0 bridgehead atoms. The van der Waals surface area contributed by atoms with E-state index in [1.165, 1.54) is 17.7 Å². The third-order valence-electron chi connectivity index (χ3n) is 4.49. The number of nitrogens with one attached hydrogen (secondary N) is 1. The molecule has 0 heterocycles. The Labute approximate surface area is 162 Å². The van der Waals surface area contributed by atoms with Crippen LogP contribution >= 0.6 is 23.2 Å². The molecular weight excluding hydrogens is 373 g/mol. The highest BCUT2D eigenvalue weighted by atomic mass is 35.5. The van der Waals surface area contributed by atoms with E-state index < -0.39 is 12.1 Å². The quantitative estimate of drug-likeness (QED) is 0.766. The molecule has 0 unspecified atom stereocenters. The molecular formula is C20H19Cl2NO3. The molecule has 1 aliphatic rings. The Kier molecular flexibility index (Phi) is 5.84. The molecule has 6 heteroatoms. The summed E-state index contributed by atoms with van der Waals surface area (Å²) in [6.45, 7) is 1.54. The molecule has 0 spiro atoms. The van der Waals surface area contributed by atoms with Gasteiger partial charge in [-0.25, -0.2) is 4.79 Å². The molecule has 0 fully saturated rings. The van der Waals surface area contributed by atoms with E-state index in [1.807, 2.05) is 18.2 Å². The van der Waals surface area contributed by atoms with Crippen LogP contribution in [0.5, 0.6) is 0 Å². The highest BCUT2D eigenvalue weighted by molar-refractivity contribution is 6.35. The summed E-state index contributed by atoms with van der Waals surface area (Å²) < 4.78 is 5.27. The molecule has 1 aliphatic carbocycles. The number of carbonyl (C=O) groups is 2. The molecule has 0 radical (unpaired) electrons. The fourth-order valence-electron chi connectivity index (χ4n) is 3.12. The predicted octanol–water partition coefficient (Wildman–Crippen LogP) is 4.73. The van der Waals surface area contributed by atoms with E-state index in [0.717, 1.165) is 24.8 Å². The lowest BCUT2D eigenvalue weighted by atomic mass is 9.87. The fraction of sp³-hybridized carbons (Fsp3) is 0.300. The van der Waals surface area contributed by atoms with Crippen LogP contribution in [-0.2, 0) is 16.0 Å². The van der Waals surface area contributed by atoms with Crippen molar-refractivity contribution in [1.29, 1.82) is 0 Å². The smallest absolute Gasteiger partial charge is 0.340 e. The van der Waals surface area contributed by atoms with Crippen LogP contribution in [0.25, 0.3) is 0 Å². The van der Waals surface area contributed by atoms with Crippen molar-refractivity contribution < 1.29 is 14.3 Å². The minimum Gasteiger partial charge on any atom is -0.449 e. The lowest BCUT2D eigenvalue weighted by Gasteiger charge is -2.27. The summed E-state index contributed by atoms with van der Waals surface area (Å²) in [5.74, 6) is -1.01. The average Bonchev–Trinajstić information content (AvgIpc) is 2.63. The molecule has 0 saturated heterocycles. The van der Waals surface area contributed by atoms with Crippen LogP contribution in [0.15, 0.2) is 42.5 Å². The van der Waals surface area contributed by atoms with Gasteiger partial charge in [0.05, 0.1) is 16.6 Å². The van der Waals surface area contributed by atoms with E-state index in [1.54, 1.807) is 13.0 Å². The van der Waals surface area contributed by atoms with E-state index >= 15 is 0 Å². The number of esters is 1. The summed E-state index contributed by atoms with van der Waals surface area (Å²) in [6.07, 6.45) is 1.95. The number of benzene rings is 2. The first-order valence-corrected chi connectivity index (χ1v) is 9.25. The van der Waals surface area contributed by atoms with Gasteiger partial charge < -0.3 is 10.1 Å². The second-order valence-electron chi connectivity index (χ2n) is 6.32. The average molecular weight is 392 g/mol. The zero-order chi connectivity index (χ0) is 18.7. The van der Waals surface area contributed by atoms with Gasteiger partial charge in [-0.3, -0.25) is 4.79 Å². The summed E-state index contributed by atoms with van der Waals surface area (Å²) in [5, 5.41) is 3.58. The van der Waals surface area contributed by atoms with Gasteiger partial charge in [-0.15, -0.1) is 0 Å².